The molecule has 1 atom stereocenters. The number of likely N-dealkylation sites (N-methyl/N-ethyl adjacent to an activating group) is 1. The van der Waals surface area contributed by atoms with Crippen molar-refractivity contribution >= 4 is 17.5 Å². The molecule has 1 saturated heterocycles. The first-order chi connectivity index (χ1) is 15.9. The van der Waals surface area contributed by atoms with Gasteiger partial charge in [0.15, 0.2) is 0 Å². The van der Waals surface area contributed by atoms with Crippen LogP contribution in [0.3, 0.4) is 0 Å². The van der Waals surface area contributed by atoms with E-state index in [1.54, 1.807) is 0 Å². The van der Waals surface area contributed by atoms with Crippen LogP contribution >= 0.6 is 11.6 Å². The SMILES string of the molecule is CC(C)CCN[C@H](Cc1ccc(Cl)cc1)C(=O)N1CCC2(CC1)c1ccccc1CCN2C. The molecule has 1 amide bonds. The van der Waals surface area contributed by atoms with Crippen LogP contribution in [0, 0.1) is 5.92 Å². The first-order valence-electron chi connectivity index (χ1n) is 12.5. The number of benzene rings is 2. The molecule has 1 spiro atoms. The highest BCUT2D eigenvalue weighted by Crippen LogP contribution is 2.42. The van der Waals surface area contributed by atoms with Crippen LogP contribution in [0.5, 0.6) is 0 Å². The number of fused-ring (bicyclic) bond motifs is 2. The number of likely N-dealkylation sites (tertiary alicyclic amines) is 1. The molecule has 0 aliphatic carbocycles. The van der Waals surface area contributed by atoms with Gasteiger partial charge in [-0.25, -0.2) is 0 Å². The molecule has 0 unspecified atom stereocenters. The van der Waals surface area contributed by atoms with Gasteiger partial charge in [0.05, 0.1) is 6.04 Å². The molecule has 178 valence electrons. The predicted molar refractivity (Wildman–Crippen MR) is 137 cm³/mol. The molecule has 2 aliphatic heterocycles. The summed E-state index contributed by atoms with van der Waals surface area (Å²) in [7, 11) is 2.25. The normalized spacial score (nSPS) is 19.0. The molecule has 0 aromatic heterocycles. The van der Waals surface area contributed by atoms with Crippen LogP contribution in [-0.2, 0) is 23.2 Å². The lowest BCUT2D eigenvalue weighted by molar-refractivity contribution is -0.136. The lowest BCUT2D eigenvalue weighted by Crippen LogP contribution is -2.58. The van der Waals surface area contributed by atoms with Crippen LogP contribution in [0.25, 0.3) is 0 Å². The maximum Gasteiger partial charge on any atom is 0.240 e. The number of rotatable bonds is 7. The molecule has 2 heterocycles. The fourth-order valence-electron chi connectivity index (χ4n) is 5.52. The number of carbonyl (C=O) groups is 1. The Hall–Kier alpha value is -1.88. The highest BCUT2D eigenvalue weighted by atomic mass is 35.5. The van der Waals surface area contributed by atoms with Crippen LogP contribution in [0.4, 0.5) is 0 Å². The fraction of sp³-hybridized carbons (Fsp3) is 0.536. The van der Waals surface area contributed by atoms with Crippen molar-refractivity contribution in [3.63, 3.8) is 0 Å². The summed E-state index contributed by atoms with van der Waals surface area (Å²) in [6.45, 7) is 8.00. The third-order valence-corrected chi connectivity index (χ3v) is 7.88. The minimum absolute atomic E-state index is 0.0579. The Labute approximate surface area is 204 Å². The van der Waals surface area contributed by atoms with Gasteiger partial charge in [-0.2, -0.15) is 0 Å². The summed E-state index contributed by atoms with van der Waals surface area (Å²) < 4.78 is 0. The van der Waals surface area contributed by atoms with Gasteiger partial charge in [0.2, 0.25) is 5.91 Å². The molecule has 2 aromatic rings. The van der Waals surface area contributed by atoms with Crippen LogP contribution in [-0.4, -0.2) is 55.0 Å². The first kappa shape index (κ1) is 24.3. The summed E-state index contributed by atoms with van der Waals surface area (Å²) in [5, 5.41) is 4.30. The highest BCUT2D eigenvalue weighted by Gasteiger charge is 2.44. The van der Waals surface area contributed by atoms with E-state index in [2.05, 4.69) is 60.3 Å². The number of halogens is 1. The van der Waals surface area contributed by atoms with Crippen molar-refractivity contribution in [2.45, 2.75) is 57.5 Å². The zero-order valence-corrected chi connectivity index (χ0v) is 21.1. The van der Waals surface area contributed by atoms with E-state index in [9.17, 15) is 4.79 Å². The van der Waals surface area contributed by atoms with Crippen LogP contribution in [0.15, 0.2) is 48.5 Å². The summed E-state index contributed by atoms with van der Waals surface area (Å²) >= 11 is 6.07. The first-order valence-corrected chi connectivity index (χ1v) is 12.8. The van der Waals surface area contributed by atoms with Gasteiger partial charge in [0.1, 0.15) is 0 Å². The van der Waals surface area contributed by atoms with E-state index in [4.69, 9.17) is 11.6 Å². The zero-order valence-electron chi connectivity index (χ0n) is 20.3. The van der Waals surface area contributed by atoms with Gasteiger partial charge in [-0.05, 0) is 80.4 Å². The maximum atomic E-state index is 13.7. The summed E-state index contributed by atoms with van der Waals surface area (Å²) in [4.78, 5) is 18.3. The summed E-state index contributed by atoms with van der Waals surface area (Å²) in [5.41, 5.74) is 4.15. The van der Waals surface area contributed by atoms with Crippen molar-refractivity contribution in [1.29, 1.82) is 0 Å². The third-order valence-electron chi connectivity index (χ3n) is 7.63. The molecule has 0 saturated carbocycles. The smallest absolute Gasteiger partial charge is 0.240 e. The Morgan fingerprint density at radius 3 is 2.45 bits per heavy atom. The zero-order chi connectivity index (χ0) is 23.4. The monoisotopic (exact) mass is 467 g/mol. The second kappa shape index (κ2) is 10.6. The number of piperidine rings is 1. The molecular weight excluding hydrogens is 430 g/mol. The van der Waals surface area contributed by atoms with E-state index >= 15 is 0 Å². The van der Waals surface area contributed by atoms with Gasteiger partial charge in [-0.1, -0.05) is 61.8 Å². The second-order valence-electron chi connectivity index (χ2n) is 10.2. The Bertz CT molecular complexity index is 934. The topological polar surface area (TPSA) is 35.6 Å². The van der Waals surface area contributed by atoms with E-state index < -0.39 is 0 Å². The lowest BCUT2D eigenvalue weighted by atomic mass is 9.74. The van der Waals surface area contributed by atoms with Crippen LogP contribution in [0.1, 0.15) is 49.8 Å². The van der Waals surface area contributed by atoms with E-state index in [0.717, 1.165) is 62.4 Å². The maximum absolute atomic E-state index is 13.7. The van der Waals surface area contributed by atoms with Crippen molar-refractivity contribution in [2.75, 3.05) is 33.2 Å². The third kappa shape index (κ3) is 5.45. The largest absolute Gasteiger partial charge is 0.341 e. The Morgan fingerprint density at radius 1 is 1.06 bits per heavy atom. The molecule has 2 aromatic carbocycles. The molecule has 0 bridgehead atoms. The second-order valence-corrected chi connectivity index (χ2v) is 10.6. The molecular formula is C28H38ClN3O. The van der Waals surface area contributed by atoms with E-state index in [1.165, 1.54) is 11.1 Å². The average molecular weight is 468 g/mol. The molecule has 4 rings (SSSR count). The van der Waals surface area contributed by atoms with Gasteiger partial charge in [0.25, 0.3) is 0 Å². The standard InChI is InChI=1S/C28H38ClN3O/c1-21(2)12-16-30-26(20-22-8-10-24(29)11-9-22)27(33)32-18-14-28(15-19-32)25-7-5-4-6-23(25)13-17-31(28)3/h4-11,21,26,30H,12-20H2,1-3H3/t26-/m1/s1. The van der Waals surface area contributed by atoms with E-state index in [0.29, 0.717) is 12.3 Å². The van der Waals surface area contributed by atoms with Crippen molar-refractivity contribution in [3.8, 4) is 0 Å². The fourth-order valence-corrected chi connectivity index (χ4v) is 5.64. The molecule has 4 nitrogen and oxygen atoms in total. The molecule has 1 fully saturated rings. The predicted octanol–water partition coefficient (Wildman–Crippen LogP) is 4.89. The van der Waals surface area contributed by atoms with Gasteiger partial charge in [0, 0.05) is 30.2 Å². The lowest BCUT2D eigenvalue weighted by Gasteiger charge is -2.51. The van der Waals surface area contributed by atoms with Crippen molar-refractivity contribution in [1.82, 2.24) is 15.1 Å². The van der Waals surface area contributed by atoms with Gasteiger partial charge < -0.3 is 10.2 Å². The van der Waals surface area contributed by atoms with Gasteiger partial charge >= 0.3 is 0 Å². The summed E-state index contributed by atoms with van der Waals surface area (Å²) in [6, 6.07) is 16.6. The van der Waals surface area contributed by atoms with Crippen molar-refractivity contribution in [2.24, 2.45) is 5.92 Å². The summed E-state index contributed by atoms with van der Waals surface area (Å²) in [5.74, 6) is 0.843. The van der Waals surface area contributed by atoms with Crippen LogP contribution in [0.2, 0.25) is 5.02 Å². The minimum Gasteiger partial charge on any atom is -0.341 e. The average Bonchev–Trinajstić information content (AvgIpc) is 2.82. The number of carbonyl (C=O) groups excluding carboxylic acids is 1. The van der Waals surface area contributed by atoms with Crippen molar-refractivity contribution < 1.29 is 4.79 Å². The number of amides is 1. The highest BCUT2D eigenvalue weighted by molar-refractivity contribution is 6.30. The van der Waals surface area contributed by atoms with Gasteiger partial charge in [-0.15, -0.1) is 0 Å². The molecule has 5 heteroatoms. The molecule has 1 N–H and O–H groups in total. The van der Waals surface area contributed by atoms with Crippen molar-refractivity contribution in [3.05, 3.63) is 70.2 Å². The Kier molecular flexibility index (Phi) is 7.78. The van der Waals surface area contributed by atoms with Gasteiger partial charge in [-0.3, -0.25) is 9.69 Å². The van der Waals surface area contributed by atoms with E-state index in [-0.39, 0.29) is 17.5 Å². The molecule has 0 radical (unpaired) electrons. The number of hydrogen-bond acceptors (Lipinski definition) is 3. The number of nitrogens with one attached hydrogen (secondary N) is 1. The summed E-state index contributed by atoms with van der Waals surface area (Å²) in [6.07, 6.45) is 4.85. The quantitative estimate of drug-likeness (QED) is 0.629. The number of nitrogens with zero attached hydrogens (tertiary/aromatic N) is 2. The molecule has 33 heavy (non-hydrogen) atoms. The Morgan fingerprint density at radius 2 is 1.76 bits per heavy atom. The van der Waals surface area contributed by atoms with Crippen LogP contribution < -0.4 is 5.32 Å². The number of hydrogen-bond donors (Lipinski definition) is 1. The van der Waals surface area contributed by atoms with E-state index in [1.807, 2.05) is 24.3 Å². The molecule has 2 aliphatic rings. The minimum atomic E-state index is -0.199. The Balaban J connectivity index is 1.46.